The molecule has 1 aliphatic rings. The van der Waals surface area contributed by atoms with E-state index in [1.54, 1.807) is 0 Å². The molecule has 0 radical (unpaired) electrons. The van der Waals surface area contributed by atoms with Crippen LogP contribution in [0.15, 0.2) is 30.4 Å². The van der Waals surface area contributed by atoms with E-state index in [0.717, 1.165) is 6.54 Å². The molecule has 1 atom stereocenters. The summed E-state index contributed by atoms with van der Waals surface area (Å²) in [6.45, 7) is 12.0. The number of hydrogen-bond acceptors (Lipinski definition) is 1. The van der Waals surface area contributed by atoms with Gasteiger partial charge in [0.05, 0.1) is 0 Å². The molecule has 1 unspecified atom stereocenters. The Morgan fingerprint density at radius 1 is 1.20 bits per heavy atom. The zero-order valence-electron chi connectivity index (χ0n) is 13.4. The summed E-state index contributed by atoms with van der Waals surface area (Å²) in [5.74, 6) is 0. The van der Waals surface area contributed by atoms with Gasteiger partial charge < -0.3 is 4.90 Å². The summed E-state index contributed by atoms with van der Waals surface area (Å²) < 4.78 is 0. The van der Waals surface area contributed by atoms with Crippen LogP contribution in [0.2, 0.25) is 0 Å². The SMILES string of the molecule is C=C1CCC(CCCCC)N(c2c(C)cccc2C)C1. The van der Waals surface area contributed by atoms with E-state index in [1.807, 2.05) is 0 Å². The lowest BCUT2D eigenvalue weighted by Crippen LogP contribution is -2.41. The molecule has 2 rings (SSSR count). The summed E-state index contributed by atoms with van der Waals surface area (Å²) in [7, 11) is 0. The predicted octanol–water partition coefficient (Wildman–Crippen LogP) is 5.41. The second-order valence-corrected chi connectivity index (χ2v) is 6.31. The van der Waals surface area contributed by atoms with Gasteiger partial charge in [0.25, 0.3) is 0 Å². The fourth-order valence-corrected chi connectivity index (χ4v) is 3.43. The molecule has 0 aliphatic carbocycles. The fraction of sp³-hybridized carbons (Fsp3) is 0.579. The second-order valence-electron chi connectivity index (χ2n) is 6.31. The molecule has 1 aliphatic heterocycles. The molecule has 1 nitrogen and oxygen atoms in total. The summed E-state index contributed by atoms with van der Waals surface area (Å²) in [5.41, 5.74) is 5.65. The Labute approximate surface area is 124 Å². The molecule has 1 heteroatoms. The van der Waals surface area contributed by atoms with E-state index in [9.17, 15) is 0 Å². The summed E-state index contributed by atoms with van der Waals surface area (Å²) in [5, 5.41) is 0. The molecule has 1 aromatic rings. The van der Waals surface area contributed by atoms with Crippen molar-refractivity contribution in [1.29, 1.82) is 0 Å². The van der Waals surface area contributed by atoms with E-state index in [4.69, 9.17) is 0 Å². The van der Waals surface area contributed by atoms with E-state index in [0.29, 0.717) is 6.04 Å². The van der Waals surface area contributed by atoms with Crippen LogP contribution in [-0.4, -0.2) is 12.6 Å². The van der Waals surface area contributed by atoms with Gasteiger partial charge in [0, 0.05) is 18.3 Å². The zero-order valence-corrected chi connectivity index (χ0v) is 13.4. The van der Waals surface area contributed by atoms with Crippen molar-refractivity contribution in [3.63, 3.8) is 0 Å². The normalized spacial score (nSPS) is 19.4. The van der Waals surface area contributed by atoms with Crippen molar-refractivity contribution < 1.29 is 0 Å². The third-order valence-electron chi connectivity index (χ3n) is 4.53. The smallest absolute Gasteiger partial charge is 0.0431 e. The lowest BCUT2D eigenvalue weighted by atomic mass is 9.92. The molecule has 0 amide bonds. The number of aryl methyl sites for hydroxylation is 2. The minimum absolute atomic E-state index is 0.701. The van der Waals surface area contributed by atoms with Gasteiger partial charge in [-0.25, -0.2) is 0 Å². The summed E-state index contributed by atoms with van der Waals surface area (Å²) >= 11 is 0. The molecule has 0 spiro atoms. The van der Waals surface area contributed by atoms with Gasteiger partial charge in [-0.3, -0.25) is 0 Å². The Morgan fingerprint density at radius 2 is 1.90 bits per heavy atom. The van der Waals surface area contributed by atoms with Crippen LogP contribution in [-0.2, 0) is 0 Å². The number of unbranched alkanes of at least 4 members (excludes halogenated alkanes) is 2. The molecule has 0 saturated carbocycles. The molecule has 1 saturated heterocycles. The van der Waals surface area contributed by atoms with Gasteiger partial charge >= 0.3 is 0 Å². The number of para-hydroxylation sites is 1. The largest absolute Gasteiger partial charge is 0.364 e. The van der Waals surface area contributed by atoms with Crippen LogP contribution in [0.1, 0.15) is 56.6 Å². The highest BCUT2D eigenvalue weighted by Crippen LogP contribution is 2.33. The van der Waals surface area contributed by atoms with Crippen LogP contribution < -0.4 is 4.90 Å². The summed E-state index contributed by atoms with van der Waals surface area (Å²) in [6.07, 6.45) is 7.83. The quantitative estimate of drug-likeness (QED) is 0.511. The molecule has 1 fully saturated rings. The van der Waals surface area contributed by atoms with E-state index >= 15 is 0 Å². The lowest BCUT2D eigenvalue weighted by Gasteiger charge is -2.40. The minimum atomic E-state index is 0.701. The number of rotatable bonds is 5. The van der Waals surface area contributed by atoms with E-state index in [1.165, 1.54) is 60.9 Å². The average molecular weight is 271 g/mol. The Hall–Kier alpha value is -1.24. The van der Waals surface area contributed by atoms with E-state index < -0.39 is 0 Å². The molecule has 0 bridgehead atoms. The van der Waals surface area contributed by atoms with Gasteiger partial charge in [-0.15, -0.1) is 0 Å². The standard InChI is InChI=1S/C19H29N/c1-5-6-7-11-18-13-12-15(2)14-20(18)19-16(3)9-8-10-17(19)4/h8-10,18H,2,5-7,11-14H2,1,3-4H3. The first kappa shape index (κ1) is 15.2. The highest BCUT2D eigenvalue weighted by molar-refractivity contribution is 5.60. The second kappa shape index (κ2) is 6.97. The molecule has 110 valence electrons. The highest BCUT2D eigenvalue weighted by atomic mass is 15.2. The number of anilines is 1. The topological polar surface area (TPSA) is 3.24 Å². The van der Waals surface area contributed by atoms with Crippen LogP contribution >= 0.6 is 0 Å². The maximum absolute atomic E-state index is 4.24. The molecule has 20 heavy (non-hydrogen) atoms. The van der Waals surface area contributed by atoms with Crippen molar-refractivity contribution in [2.45, 2.75) is 65.3 Å². The Bertz CT molecular complexity index is 441. The van der Waals surface area contributed by atoms with Crippen molar-refractivity contribution in [3.05, 3.63) is 41.5 Å². The monoisotopic (exact) mass is 271 g/mol. The lowest BCUT2D eigenvalue weighted by molar-refractivity contribution is 0.466. The molecule has 0 aromatic heterocycles. The Kier molecular flexibility index (Phi) is 5.28. The number of piperidine rings is 1. The maximum atomic E-state index is 4.24. The van der Waals surface area contributed by atoms with Crippen LogP contribution in [0.4, 0.5) is 5.69 Å². The van der Waals surface area contributed by atoms with Crippen LogP contribution in [0.25, 0.3) is 0 Å². The van der Waals surface area contributed by atoms with Crippen molar-refractivity contribution >= 4 is 5.69 Å². The fourth-order valence-electron chi connectivity index (χ4n) is 3.43. The van der Waals surface area contributed by atoms with Crippen molar-refractivity contribution in [2.75, 3.05) is 11.4 Å². The van der Waals surface area contributed by atoms with Gasteiger partial charge in [-0.2, -0.15) is 0 Å². The van der Waals surface area contributed by atoms with Gasteiger partial charge in [0.1, 0.15) is 0 Å². The molecule has 1 heterocycles. The number of benzene rings is 1. The molecule has 1 aromatic carbocycles. The van der Waals surface area contributed by atoms with Crippen LogP contribution in [0.5, 0.6) is 0 Å². The van der Waals surface area contributed by atoms with Gasteiger partial charge in [0.2, 0.25) is 0 Å². The first-order chi connectivity index (χ1) is 9.63. The van der Waals surface area contributed by atoms with Gasteiger partial charge in [-0.05, 0) is 44.2 Å². The van der Waals surface area contributed by atoms with Gasteiger partial charge in [-0.1, -0.05) is 56.5 Å². The summed E-state index contributed by atoms with van der Waals surface area (Å²) in [6, 6.07) is 7.34. The molecular weight excluding hydrogens is 242 g/mol. The third kappa shape index (κ3) is 3.45. The zero-order chi connectivity index (χ0) is 14.5. The molecular formula is C19H29N. The third-order valence-corrected chi connectivity index (χ3v) is 4.53. The van der Waals surface area contributed by atoms with Crippen molar-refractivity contribution in [3.8, 4) is 0 Å². The first-order valence-electron chi connectivity index (χ1n) is 8.13. The van der Waals surface area contributed by atoms with Crippen molar-refractivity contribution in [2.24, 2.45) is 0 Å². The van der Waals surface area contributed by atoms with Gasteiger partial charge in [0.15, 0.2) is 0 Å². The Morgan fingerprint density at radius 3 is 2.55 bits per heavy atom. The maximum Gasteiger partial charge on any atom is 0.0431 e. The first-order valence-corrected chi connectivity index (χ1v) is 8.13. The Balaban J connectivity index is 2.21. The van der Waals surface area contributed by atoms with Crippen LogP contribution in [0, 0.1) is 13.8 Å². The van der Waals surface area contributed by atoms with Crippen LogP contribution in [0.3, 0.4) is 0 Å². The van der Waals surface area contributed by atoms with E-state index in [-0.39, 0.29) is 0 Å². The number of hydrogen-bond donors (Lipinski definition) is 0. The number of nitrogens with zero attached hydrogens (tertiary/aromatic N) is 1. The summed E-state index contributed by atoms with van der Waals surface area (Å²) in [4.78, 5) is 2.63. The van der Waals surface area contributed by atoms with Crippen molar-refractivity contribution in [1.82, 2.24) is 0 Å². The van der Waals surface area contributed by atoms with E-state index in [2.05, 4.69) is 50.4 Å². The average Bonchev–Trinajstić information content (AvgIpc) is 2.41. The molecule has 0 N–H and O–H groups in total. The predicted molar refractivity (Wildman–Crippen MR) is 89.6 cm³/mol. The minimum Gasteiger partial charge on any atom is -0.364 e. The highest BCUT2D eigenvalue weighted by Gasteiger charge is 2.25.